The first-order valence-electron chi connectivity index (χ1n) is 13.3. The molecular weight excluding hydrogens is 491 g/mol. The molecule has 0 aliphatic heterocycles. The number of hydrogen-bond donors (Lipinski definition) is 0. The van der Waals surface area contributed by atoms with Gasteiger partial charge in [0.25, 0.3) is 0 Å². The van der Waals surface area contributed by atoms with Gasteiger partial charge in [0.15, 0.2) is 0 Å². The topological polar surface area (TPSA) is 26.3 Å². The van der Waals surface area contributed by atoms with Gasteiger partial charge in [0.1, 0.15) is 0 Å². The monoisotopic (exact) mass is 546 g/mol. The Balaban J connectivity index is 3.41. The molecule has 1 atom stereocenters. The summed E-state index contributed by atoms with van der Waals surface area (Å²) >= 11 is -2.77. The zero-order chi connectivity index (χ0) is 22.8. The van der Waals surface area contributed by atoms with Gasteiger partial charge in [-0.05, 0) is 0 Å². The van der Waals surface area contributed by atoms with Gasteiger partial charge in [-0.1, -0.05) is 0 Å². The quantitative estimate of drug-likeness (QED) is 0.170. The van der Waals surface area contributed by atoms with Crippen molar-refractivity contribution in [3.8, 4) is 0 Å². The van der Waals surface area contributed by atoms with Crippen LogP contribution in [0.4, 0.5) is 0 Å². The van der Waals surface area contributed by atoms with Crippen molar-refractivity contribution >= 4 is 32.4 Å². The summed E-state index contributed by atoms with van der Waals surface area (Å²) in [5.41, 5.74) is 0. The molecule has 1 aliphatic carbocycles. The number of hydrogen-bond acceptors (Lipinski definition) is 2. The average molecular weight is 546 g/mol. The molecule has 0 heterocycles. The predicted octanol–water partition coefficient (Wildman–Crippen LogP) is 9.13. The van der Waals surface area contributed by atoms with E-state index in [1.807, 2.05) is 0 Å². The first-order valence-corrected chi connectivity index (χ1v) is 24.0. The van der Waals surface area contributed by atoms with Gasteiger partial charge in [-0.2, -0.15) is 0 Å². The van der Waals surface area contributed by atoms with E-state index in [2.05, 4.69) is 54.6 Å². The molecule has 1 saturated carbocycles. The Kier molecular flexibility index (Phi) is 12.6. The number of unbranched alkanes of at least 4 members (excludes halogenated alkanes) is 3. The van der Waals surface area contributed by atoms with Crippen molar-refractivity contribution in [2.75, 3.05) is 0 Å². The first-order chi connectivity index (χ1) is 14.1. The van der Waals surface area contributed by atoms with Crippen molar-refractivity contribution in [2.24, 2.45) is 0 Å². The van der Waals surface area contributed by atoms with Crippen LogP contribution in [0.5, 0.6) is 0 Å². The van der Waals surface area contributed by atoms with Crippen molar-refractivity contribution < 1.29 is 9.53 Å². The summed E-state index contributed by atoms with van der Waals surface area (Å²) in [4.78, 5) is 14.1. The van der Waals surface area contributed by atoms with E-state index in [9.17, 15) is 4.79 Å². The zero-order valence-electron chi connectivity index (χ0n) is 21.9. The minimum atomic E-state index is -2.77. The van der Waals surface area contributed by atoms with Gasteiger partial charge in [0.2, 0.25) is 0 Å². The second kappa shape index (κ2) is 13.3. The summed E-state index contributed by atoms with van der Waals surface area (Å²) in [5.74, 6) is 0.271. The molecule has 0 aromatic carbocycles. The van der Waals surface area contributed by atoms with E-state index < -0.39 is 26.5 Å². The van der Waals surface area contributed by atoms with Crippen molar-refractivity contribution in [1.82, 2.24) is 0 Å². The third-order valence-corrected chi connectivity index (χ3v) is 40.0. The summed E-state index contributed by atoms with van der Waals surface area (Å²) in [6, 6.07) is 0. The molecule has 178 valence electrons. The molecule has 0 bridgehead atoms. The molecule has 0 saturated heterocycles. The number of rotatable bonds is 13. The Morgan fingerprint density at radius 2 is 1.33 bits per heavy atom. The molecule has 0 aromatic heterocycles. The normalized spacial score (nSPS) is 17.7. The van der Waals surface area contributed by atoms with Gasteiger partial charge in [-0.25, -0.2) is 0 Å². The summed E-state index contributed by atoms with van der Waals surface area (Å²) in [6.45, 7) is 19.3. The predicted molar refractivity (Wildman–Crippen MR) is 139 cm³/mol. The molecule has 30 heavy (non-hydrogen) atoms. The molecule has 2 nitrogen and oxygen atoms in total. The van der Waals surface area contributed by atoms with E-state index in [4.69, 9.17) is 4.74 Å². The summed E-state index contributed by atoms with van der Waals surface area (Å²) in [7, 11) is -1.85. The summed E-state index contributed by atoms with van der Waals surface area (Å²) < 4.78 is 11.0. The van der Waals surface area contributed by atoms with Crippen molar-refractivity contribution in [2.45, 2.75) is 153 Å². The number of esters is 1. The van der Waals surface area contributed by atoms with Gasteiger partial charge >= 0.3 is 195 Å². The van der Waals surface area contributed by atoms with E-state index >= 15 is 0 Å². The van der Waals surface area contributed by atoms with Crippen LogP contribution in [0.25, 0.3) is 0 Å². The summed E-state index contributed by atoms with van der Waals surface area (Å²) in [6.07, 6.45) is 13.9. The van der Waals surface area contributed by atoms with E-state index in [-0.39, 0.29) is 17.1 Å². The second-order valence-electron chi connectivity index (χ2n) is 11.8. The van der Waals surface area contributed by atoms with Gasteiger partial charge in [-0.15, -0.1) is 0 Å². The van der Waals surface area contributed by atoms with Crippen LogP contribution in [0, 0.1) is 0 Å². The molecule has 1 aliphatic rings. The molecule has 1 unspecified atom stereocenters. The van der Waals surface area contributed by atoms with Gasteiger partial charge < -0.3 is 0 Å². The van der Waals surface area contributed by atoms with Crippen LogP contribution >= 0.6 is 0 Å². The molecule has 0 amide bonds. The van der Waals surface area contributed by atoms with Crippen LogP contribution < -0.4 is 0 Å². The fourth-order valence-corrected chi connectivity index (χ4v) is 43.6. The SMILES string of the molecule is CCC[CH2][Sn]([CH2]CCC)([CH2]CCC)[CH](C(=O)OC1CCCCC1)[Si](C)(C)C(C)(C)C. The Morgan fingerprint density at radius 1 is 0.900 bits per heavy atom. The molecule has 1 rings (SSSR count). The van der Waals surface area contributed by atoms with E-state index in [1.165, 1.54) is 71.1 Å². The van der Waals surface area contributed by atoms with E-state index in [0.717, 1.165) is 12.8 Å². The van der Waals surface area contributed by atoms with Crippen LogP contribution in [0.3, 0.4) is 0 Å². The number of carbonyl (C=O) groups excluding carboxylic acids is 1. The van der Waals surface area contributed by atoms with Crippen molar-refractivity contribution in [1.29, 1.82) is 0 Å². The molecule has 0 spiro atoms. The second-order valence-corrected chi connectivity index (χ2v) is 32.6. The molecule has 4 heteroatoms. The number of carbonyl (C=O) groups is 1. The standard InChI is InChI=1S/C14H27O2Si.3C4H9.Sn/c1-14(2,3)17(4,5)11-13(15)16-12-9-7-6-8-10-12;3*1-3-4-2;/h11-12H,6-10H2,1-5H3;3*1,3-4H2,2H3;. The maximum absolute atomic E-state index is 14.1. The van der Waals surface area contributed by atoms with Gasteiger partial charge in [0.05, 0.1) is 0 Å². The Bertz CT molecular complexity index is 470. The van der Waals surface area contributed by atoms with Crippen molar-refractivity contribution in [3.05, 3.63) is 0 Å². The Morgan fingerprint density at radius 3 is 1.70 bits per heavy atom. The van der Waals surface area contributed by atoms with Gasteiger partial charge in [0, 0.05) is 0 Å². The zero-order valence-corrected chi connectivity index (χ0v) is 25.7. The Labute approximate surface area is 194 Å². The number of ether oxygens (including phenoxy) is 1. The molecular formula is C26H54O2SiSn. The third kappa shape index (κ3) is 7.81. The maximum atomic E-state index is 14.1. The van der Waals surface area contributed by atoms with Crippen LogP contribution in [-0.2, 0) is 9.53 Å². The average Bonchev–Trinajstić information content (AvgIpc) is 2.68. The van der Waals surface area contributed by atoms with Crippen molar-refractivity contribution in [3.63, 3.8) is 0 Å². The van der Waals surface area contributed by atoms with Crippen LogP contribution in [0.2, 0.25) is 35.0 Å². The van der Waals surface area contributed by atoms with E-state index in [0.29, 0.717) is 3.56 Å². The van der Waals surface area contributed by atoms with Crippen LogP contribution in [0.15, 0.2) is 0 Å². The minimum absolute atomic E-state index is 0.200. The fraction of sp³-hybridized carbons (Fsp3) is 0.962. The Hall–Kier alpha value is 0.486. The molecule has 0 radical (unpaired) electrons. The molecule has 1 fully saturated rings. The summed E-state index contributed by atoms with van der Waals surface area (Å²) in [5, 5.41) is 0.232. The van der Waals surface area contributed by atoms with Gasteiger partial charge in [-0.3, -0.25) is 0 Å². The fourth-order valence-electron chi connectivity index (χ4n) is 5.55. The van der Waals surface area contributed by atoms with E-state index in [1.54, 1.807) is 0 Å². The molecule has 0 aromatic rings. The molecule has 0 N–H and O–H groups in total. The van der Waals surface area contributed by atoms with Crippen LogP contribution in [-0.4, -0.2) is 38.5 Å². The van der Waals surface area contributed by atoms with Crippen LogP contribution in [0.1, 0.15) is 112 Å². The first kappa shape index (κ1) is 28.5. The third-order valence-electron chi connectivity index (χ3n) is 8.42.